The molecule has 28 heavy (non-hydrogen) atoms. The summed E-state index contributed by atoms with van der Waals surface area (Å²) >= 11 is 0. The van der Waals surface area contributed by atoms with Gasteiger partial charge in [0.1, 0.15) is 12.4 Å². The number of carbonyl (C=O) groups is 1. The van der Waals surface area contributed by atoms with Crippen molar-refractivity contribution in [2.75, 3.05) is 0 Å². The van der Waals surface area contributed by atoms with Crippen LogP contribution in [0.15, 0.2) is 67.4 Å². The zero-order valence-corrected chi connectivity index (χ0v) is 15.5. The number of carboxylic acids is 1. The standard InChI is InChI=1S/C23H22N2O3/c1-2-17-8-7-16(11-21(17)18-9-10-25-20(12-18)14-24)15-28-22-6-4-3-5-19(22)13-23(26)27/h2-12H,1,13-15,24H2,(H,26,27). The van der Waals surface area contributed by atoms with E-state index in [1.807, 2.05) is 42.5 Å². The van der Waals surface area contributed by atoms with Crippen molar-refractivity contribution in [3.63, 3.8) is 0 Å². The van der Waals surface area contributed by atoms with Crippen LogP contribution in [0, 0.1) is 0 Å². The van der Waals surface area contributed by atoms with Crippen LogP contribution in [-0.4, -0.2) is 16.1 Å². The molecule has 0 bridgehead atoms. The first-order valence-electron chi connectivity index (χ1n) is 8.94. The molecular formula is C23H22N2O3. The number of aliphatic carboxylic acids is 1. The molecule has 142 valence electrons. The molecule has 3 aromatic rings. The topological polar surface area (TPSA) is 85.4 Å². The predicted molar refractivity (Wildman–Crippen MR) is 110 cm³/mol. The van der Waals surface area contributed by atoms with E-state index in [9.17, 15) is 4.79 Å². The van der Waals surface area contributed by atoms with Gasteiger partial charge in [0, 0.05) is 18.3 Å². The van der Waals surface area contributed by atoms with E-state index in [1.165, 1.54) is 0 Å². The Morgan fingerprint density at radius 1 is 1.18 bits per heavy atom. The number of nitrogens with two attached hydrogens (primary N) is 1. The minimum Gasteiger partial charge on any atom is -0.489 e. The second kappa shape index (κ2) is 8.97. The molecule has 1 aromatic heterocycles. The third-order valence-electron chi connectivity index (χ3n) is 4.38. The van der Waals surface area contributed by atoms with Gasteiger partial charge in [-0.15, -0.1) is 0 Å². The summed E-state index contributed by atoms with van der Waals surface area (Å²) in [6.07, 6.45) is 3.48. The van der Waals surface area contributed by atoms with Gasteiger partial charge in [-0.1, -0.05) is 43.0 Å². The summed E-state index contributed by atoms with van der Waals surface area (Å²) in [7, 11) is 0. The van der Waals surface area contributed by atoms with Crippen LogP contribution < -0.4 is 10.5 Å². The lowest BCUT2D eigenvalue weighted by Crippen LogP contribution is -2.04. The molecule has 0 aliphatic carbocycles. The normalized spacial score (nSPS) is 10.5. The predicted octanol–water partition coefficient (Wildman–Crippen LogP) is 4.06. The lowest BCUT2D eigenvalue weighted by Gasteiger charge is -2.13. The molecule has 0 fully saturated rings. The third-order valence-corrected chi connectivity index (χ3v) is 4.38. The van der Waals surface area contributed by atoms with E-state index in [-0.39, 0.29) is 6.42 Å². The van der Waals surface area contributed by atoms with Crippen molar-refractivity contribution in [1.82, 2.24) is 4.98 Å². The summed E-state index contributed by atoms with van der Waals surface area (Å²) in [5.74, 6) is -0.310. The molecule has 0 aliphatic heterocycles. The Kier molecular flexibility index (Phi) is 6.19. The highest BCUT2D eigenvalue weighted by Gasteiger charge is 2.09. The summed E-state index contributed by atoms with van der Waals surface area (Å²) < 4.78 is 5.91. The van der Waals surface area contributed by atoms with E-state index in [0.29, 0.717) is 24.5 Å². The highest BCUT2D eigenvalue weighted by molar-refractivity contribution is 5.75. The number of rotatable bonds is 8. The van der Waals surface area contributed by atoms with Gasteiger partial charge in [-0.25, -0.2) is 0 Å². The van der Waals surface area contributed by atoms with Crippen LogP contribution in [0.25, 0.3) is 17.2 Å². The molecule has 0 atom stereocenters. The number of para-hydroxylation sites is 1. The first-order chi connectivity index (χ1) is 13.6. The van der Waals surface area contributed by atoms with Gasteiger partial charge in [0.2, 0.25) is 0 Å². The van der Waals surface area contributed by atoms with Crippen molar-refractivity contribution < 1.29 is 14.6 Å². The quantitative estimate of drug-likeness (QED) is 0.621. The van der Waals surface area contributed by atoms with Gasteiger partial charge in [0.25, 0.3) is 0 Å². The maximum atomic E-state index is 11.0. The van der Waals surface area contributed by atoms with Gasteiger partial charge in [-0.05, 0) is 46.5 Å². The number of ether oxygens (including phenoxy) is 1. The Hall–Kier alpha value is -3.44. The number of benzene rings is 2. The average molecular weight is 374 g/mol. The first-order valence-corrected chi connectivity index (χ1v) is 8.94. The zero-order valence-electron chi connectivity index (χ0n) is 15.5. The smallest absolute Gasteiger partial charge is 0.307 e. The van der Waals surface area contributed by atoms with Crippen molar-refractivity contribution in [3.05, 3.63) is 89.8 Å². The van der Waals surface area contributed by atoms with Crippen molar-refractivity contribution in [2.45, 2.75) is 19.6 Å². The highest BCUT2D eigenvalue weighted by Crippen LogP contribution is 2.27. The molecule has 3 rings (SSSR count). The van der Waals surface area contributed by atoms with Crippen LogP contribution in [0.3, 0.4) is 0 Å². The minimum atomic E-state index is -0.887. The summed E-state index contributed by atoms with van der Waals surface area (Å²) in [6.45, 7) is 4.60. The van der Waals surface area contributed by atoms with Gasteiger partial charge in [0.05, 0.1) is 12.1 Å². The van der Waals surface area contributed by atoms with Crippen molar-refractivity contribution in [1.29, 1.82) is 0 Å². The minimum absolute atomic E-state index is 0.0737. The Morgan fingerprint density at radius 2 is 2.00 bits per heavy atom. The number of pyridine rings is 1. The molecule has 2 aromatic carbocycles. The fraction of sp³-hybridized carbons (Fsp3) is 0.130. The Labute approximate surface area is 164 Å². The molecule has 5 nitrogen and oxygen atoms in total. The molecule has 0 saturated carbocycles. The lowest BCUT2D eigenvalue weighted by molar-refractivity contribution is -0.136. The largest absolute Gasteiger partial charge is 0.489 e. The molecule has 0 amide bonds. The molecule has 0 spiro atoms. The second-order valence-electron chi connectivity index (χ2n) is 6.33. The summed E-state index contributed by atoms with van der Waals surface area (Å²) in [4.78, 5) is 15.3. The van der Waals surface area contributed by atoms with Gasteiger partial charge >= 0.3 is 5.97 Å². The molecule has 0 unspecified atom stereocenters. The Morgan fingerprint density at radius 3 is 2.75 bits per heavy atom. The van der Waals surface area contributed by atoms with Crippen LogP contribution in [0.4, 0.5) is 0 Å². The maximum Gasteiger partial charge on any atom is 0.307 e. The molecule has 0 radical (unpaired) electrons. The number of hydrogen-bond acceptors (Lipinski definition) is 4. The summed E-state index contributed by atoms with van der Waals surface area (Å²) in [5, 5.41) is 9.06. The molecule has 1 heterocycles. The maximum absolute atomic E-state index is 11.0. The highest BCUT2D eigenvalue weighted by atomic mass is 16.5. The van der Waals surface area contributed by atoms with Gasteiger partial charge in [0.15, 0.2) is 0 Å². The van der Waals surface area contributed by atoms with E-state index in [1.54, 1.807) is 24.4 Å². The van der Waals surface area contributed by atoms with E-state index >= 15 is 0 Å². The van der Waals surface area contributed by atoms with Crippen LogP contribution in [0.5, 0.6) is 5.75 Å². The molecule has 0 aliphatic rings. The molecular weight excluding hydrogens is 352 g/mol. The van der Waals surface area contributed by atoms with Gasteiger partial charge < -0.3 is 15.6 Å². The fourth-order valence-corrected chi connectivity index (χ4v) is 2.99. The van der Waals surface area contributed by atoms with Crippen LogP contribution >= 0.6 is 0 Å². The van der Waals surface area contributed by atoms with Crippen molar-refractivity contribution >= 4 is 12.0 Å². The van der Waals surface area contributed by atoms with E-state index in [4.69, 9.17) is 15.6 Å². The van der Waals surface area contributed by atoms with Crippen molar-refractivity contribution in [2.24, 2.45) is 5.73 Å². The van der Waals surface area contributed by atoms with E-state index < -0.39 is 5.97 Å². The zero-order chi connectivity index (χ0) is 19.9. The van der Waals surface area contributed by atoms with E-state index in [2.05, 4.69) is 11.6 Å². The first kappa shape index (κ1) is 19.3. The van der Waals surface area contributed by atoms with E-state index in [0.717, 1.165) is 27.9 Å². The molecule has 3 N–H and O–H groups in total. The van der Waals surface area contributed by atoms with Crippen LogP contribution in [0.2, 0.25) is 0 Å². The van der Waals surface area contributed by atoms with Gasteiger partial charge in [-0.3, -0.25) is 9.78 Å². The fourth-order valence-electron chi connectivity index (χ4n) is 2.99. The SMILES string of the molecule is C=Cc1ccc(COc2ccccc2CC(=O)O)cc1-c1ccnc(CN)c1. The lowest BCUT2D eigenvalue weighted by atomic mass is 9.97. The molecule has 0 saturated heterocycles. The van der Waals surface area contributed by atoms with Gasteiger partial charge in [-0.2, -0.15) is 0 Å². The number of nitrogens with zero attached hydrogens (tertiary/aromatic N) is 1. The Bertz CT molecular complexity index is 999. The monoisotopic (exact) mass is 374 g/mol. The summed E-state index contributed by atoms with van der Waals surface area (Å²) in [6, 6.07) is 17.1. The second-order valence-corrected chi connectivity index (χ2v) is 6.33. The Balaban J connectivity index is 1.86. The summed E-state index contributed by atoms with van der Waals surface area (Å²) in [5.41, 5.74) is 11.2. The molecule has 5 heteroatoms. The number of hydrogen-bond donors (Lipinski definition) is 2. The number of carboxylic acid groups (broad SMARTS) is 1. The van der Waals surface area contributed by atoms with Crippen LogP contribution in [-0.2, 0) is 24.4 Å². The third kappa shape index (κ3) is 4.64. The van der Waals surface area contributed by atoms with Crippen LogP contribution in [0.1, 0.15) is 22.4 Å². The average Bonchev–Trinajstić information content (AvgIpc) is 2.72. The number of aromatic nitrogens is 1. The van der Waals surface area contributed by atoms with Crippen molar-refractivity contribution in [3.8, 4) is 16.9 Å².